The first-order chi connectivity index (χ1) is 31.2. The van der Waals surface area contributed by atoms with Crippen molar-refractivity contribution < 1.29 is 0 Å². The van der Waals surface area contributed by atoms with Crippen molar-refractivity contribution in [1.29, 1.82) is 0 Å². The van der Waals surface area contributed by atoms with E-state index in [1.165, 1.54) is 38.8 Å². The van der Waals surface area contributed by atoms with Gasteiger partial charge in [-0.05, 0) is 100.0 Å². The van der Waals surface area contributed by atoms with Gasteiger partial charge in [-0.1, -0.05) is 207 Å². The minimum Gasteiger partial charge on any atom is -0.310 e. The summed E-state index contributed by atoms with van der Waals surface area (Å²) in [5.41, 5.74) is 19.6. The normalized spacial score (nSPS) is 11.3. The van der Waals surface area contributed by atoms with E-state index in [0.29, 0.717) is 0 Å². The third-order valence-corrected chi connectivity index (χ3v) is 12.0. The molecule has 0 saturated carbocycles. The Morgan fingerprint density at radius 3 is 1.35 bits per heavy atom. The number of benzene rings is 9. The lowest BCUT2D eigenvalue weighted by molar-refractivity contribution is 1.11. The number of fused-ring (bicyclic) bond motifs is 1. The van der Waals surface area contributed by atoms with Gasteiger partial charge in [0, 0.05) is 33.5 Å². The molecule has 10 aromatic rings. The summed E-state index contributed by atoms with van der Waals surface area (Å²) in [5, 5.41) is 1.19. The van der Waals surface area contributed by atoms with Crippen LogP contribution in [0.3, 0.4) is 0 Å². The van der Waals surface area contributed by atoms with Crippen molar-refractivity contribution in [1.82, 2.24) is 4.57 Å². The zero-order valence-electron chi connectivity index (χ0n) is 35.3. The average Bonchev–Trinajstić information content (AvgIpc) is 3.68. The Labute approximate surface area is 370 Å². The van der Waals surface area contributed by atoms with E-state index in [9.17, 15) is 0 Å². The maximum Gasteiger partial charge on any atom is 0.0541 e. The van der Waals surface area contributed by atoms with Crippen LogP contribution in [0.5, 0.6) is 0 Å². The van der Waals surface area contributed by atoms with Crippen LogP contribution in [0.4, 0.5) is 17.1 Å². The van der Waals surface area contributed by atoms with Gasteiger partial charge < -0.3 is 9.47 Å². The van der Waals surface area contributed by atoms with Crippen LogP contribution in [0.2, 0.25) is 0 Å². The van der Waals surface area contributed by atoms with Crippen molar-refractivity contribution in [3.8, 4) is 61.3 Å². The minimum atomic E-state index is 1.08. The van der Waals surface area contributed by atoms with Crippen molar-refractivity contribution in [2.24, 2.45) is 0 Å². The van der Waals surface area contributed by atoms with Gasteiger partial charge in [0.1, 0.15) is 0 Å². The number of aromatic nitrogens is 1. The summed E-state index contributed by atoms with van der Waals surface area (Å²) in [6.45, 7) is 6.25. The summed E-state index contributed by atoms with van der Waals surface area (Å²) < 4.78 is 2.37. The molecule has 0 radical (unpaired) electrons. The van der Waals surface area contributed by atoms with E-state index in [1.807, 2.05) is 6.08 Å². The van der Waals surface area contributed by atoms with Gasteiger partial charge in [-0.3, -0.25) is 0 Å². The van der Waals surface area contributed by atoms with E-state index in [1.54, 1.807) is 0 Å². The summed E-state index contributed by atoms with van der Waals surface area (Å²) >= 11 is 0. The Morgan fingerprint density at radius 1 is 0.397 bits per heavy atom. The van der Waals surface area contributed by atoms with Crippen LogP contribution >= 0.6 is 0 Å². The van der Waals surface area contributed by atoms with Gasteiger partial charge in [0.15, 0.2) is 0 Å². The average molecular weight is 807 g/mol. The van der Waals surface area contributed by atoms with Crippen LogP contribution in [-0.2, 0) is 0 Å². The first kappa shape index (κ1) is 39.0. The summed E-state index contributed by atoms with van der Waals surface area (Å²) in [5.74, 6) is 0. The molecule has 9 aromatic carbocycles. The van der Waals surface area contributed by atoms with Crippen LogP contribution < -0.4 is 4.90 Å². The molecule has 0 aliphatic carbocycles. The topological polar surface area (TPSA) is 8.17 Å². The van der Waals surface area contributed by atoms with E-state index in [4.69, 9.17) is 0 Å². The molecule has 0 atom stereocenters. The zero-order valence-corrected chi connectivity index (χ0v) is 35.3. The lowest BCUT2D eigenvalue weighted by Crippen LogP contribution is -2.11. The van der Waals surface area contributed by atoms with Crippen molar-refractivity contribution in [2.45, 2.75) is 6.92 Å². The molecule has 0 spiro atoms. The van der Waals surface area contributed by atoms with Crippen LogP contribution in [0.15, 0.2) is 243 Å². The standard InChI is InChI=1S/C61H46N2/c1-3-17-58-54(4-2)57-24-13-16-27-61(57)63(58)60-26-15-12-23-56(60)51-34-30-47(31-35-51)49-38-42-53(43-39-49)62(52-40-36-48(37-41-52)45-20-9-6-10-21-45)59-25-14-11-22-55(59)50-32-28-46(29-33-50)44-18-7-5-8-19-44/h3-43H,2H2,1H3/b17-3-. The molecular weight excluding hydrogens is 761 g/mol. The number of nitrogens with zero attached hydrogens (tertiary/aromatic N) is 2. The number of para-hydroxylation sites is 3. The van der Waals surface area contributed by atoms with Gasteiger partial charge in [0.2, 0.25) is 0 Å². The van der Waals surface area contributed by atoms with Crippen LogP contribution in [0.25, 0.3) is 84.4 Å². The Hall–Kier alpha value is -8.20. The van der Waals surface area contributed by atoms with Crippen molar-refractivity contribution >= 4 is 40.1 Å². The molecule has 10 rings (SSSR count). The summed E-state index contributed by atoms with van der Waals surface area (Å²) in [6, 6.07) is 82.9. The maximum atomic E-state index is 4.19. The Morgan fingerprint density at radius 2 is 0.810 bits per heavy atom. The second kappa shape index (κ2) is 17.4. The number of allylic oxidation sites excluding steroid dienone is 1. The lowest BCUT2D eigenvalue weighted by atomic mass is 9.97. The van der Waals surface area contributed by atoms with Gasteiger partial charge >= 0.3 is 0 Å². The summed E-state index contributed by atoms with van der Waals surface area (Å²) in [4.78, 5) is 2.38. The largest absolute Gasteiger partial charge is 0.310 e. The van der Waals surface area contributed by atoms with E-state index < -0.39 is 0 Å². The predicted molar refractivity (Wildman–Crippen MR) is 270 cm³/mol. The molecule has 0 aliphatic heterocycles. The SMILES string of the molecule is C=Cc1c(/C=C\C)n(-c2ccccc2-c2ccc(-c3ccc(N(c4ccc(-c5ccccc5)cc4)c4ccccc4-c4ccc(-c5ccccc5)cc4)cc3)cc2)c2ccccc12. The number of hydrogen-bond acceptors (Lipinski definition) is 1. The van der Waals surface area contributed by atoms with Gasteiger partial charge in [-0.15, -0.1) is 0 Å². The van der Waals surface area contributed by atoms with Crippen molar-refractivity contribution in [2.75, 3.05) is 4.90 Å². The molecule has 1 heterocycles. The third kappa shape index (κ3) is 7.60. The fourth-order valence-electron chi connectivity index (χ4n) is 8.89. The molecule has 0 aliphatic rings. The number of anilines is 3. The molecule has 300 valence electrons. The first-order valence-corrected chi connectivity index (χ1v) is 21.6. The van der Waals surface area contributed by atoms with Gasteiger partial charge in [0.25, 0.3) is 0 Å². The summed E-state index contributed by atoms with van der Waals surface area (Å²) in [6.07, 6.45) is 6.26. The van der Waals surface area contributed by atoms with E-state index >= 15 is 0 Å². The Kier molecular flexibility index (Phi) is 10.8. The second-order valence-corrected chi connectivity index (χ2v) is 15.7. The number of hydrogen-bond donors (Lipinski definition) is 0. The van der Waals surface area contributed by atoms with E-state index in [2.05, 4.69) is 266 Å². The highest BCUT2D eigenvalue weighted by Gasteiger charge is 2.19. The molecule has 2 heteroatoms. The molecule has 0 amide bonds. The zero-order chi connectivity index (χ0) is 42.5. The van der Waals surface area contributed by atoms with Gasteiger partial charge in [-0.2, -0.15) is 0 Å². The van der Waals surface area contributed by atoms with E-state index in [-0.39, 0.29) is 0 Å². The predicted octanol–water partition coefficient (Wildman–Crippen LogP) is 17.1. The van der Waals surface area contributed by atoms with Crippen LogP contribution in [-0.4, -0.2) is 4.57 Å². The first-order valence-electron chi connectivity index (χ1n) is 21.6. The highest BCUT2D eigenvalue weighted by molar-refractivity contribution is 5.96. The fourth-order valence-corrected chi connectivity index (χ4v) is 8.89. The fraction of sp³-hybridized carbons (Fsp3) is 0.0164. The molecule has 0 fully saturated rings. The smallest absolute Gasteiger partial charge is 0.0541 e. The monoisotopic (exact) mass is 806 g/mol. The Balaban J connectivity index is 1.01. The van der Waals surface area contributed by atoms with E-state index in [0.717, 1.165) is 61.8 Å². The molecule has 0 unspecified atom stereocenters. The summed E-state index contributed by atoms with van der Waals surface area (Å²) in [7, 11) is 0. The Bertz CT molecular complexity index is 3190. The van der Waals surface area contributed by atoms with Crippen LogP contribution in [0, 0.1) is 0 Å². The quantitative estimate of drug-likeness (QED) is 0.126. The highest BCUT2D eigenvalue weighted by atomic mass is 15.1. The molecular formula is C61H46N2. The lowest BCUT2D eigenvalue weighted by Gasteiger charge is -2.28. The van der Waals surface area contributed by atoms with Gasteiger partial charge in [0.05, 0.1) is 22.6 Å². The third-order valence-electron chi connectivity index (χ3n) is 12.0. The van der Waals surface area contributed by atoms with Crippen molar-refractivity contribution in [3.63, 3.8) is 0 Å². The molecule has 2 nitrogen and oxygen atoms in total. The molecule has 63 heavy (non-hydrogen) atoms. The second-order valence-electron chi connectivity index (χ2n) is 15.7. The highest BCUT2D eigenvalue weighted by Crippen LogP contribution is 2.43. The molecule has 0 saturated heterocycles. The maximum absolute atomic E-state index is 4.19. The minimum absolute atomic E-state index is 1.08. The van der Waals surface area contributed by atoms with Crippen molar-refractivity contribution in [3.05, 3.63) is 254 Å². The molecule has 1 aromatic heterocycles. The van der Waals surface area contributed by atoms with Gasteiger partial charge in [-0.25, -0.2) is 0 Å². The number of rotatable bonds is 11. The van der Waals surface area contributed by atoms with Crippen LogP contribution in [0.1, 0.15) is 18.2 Å². The molecule has 0 N–H and O–H groups in total. The molecule has 0 bridgehead atoms.